The van der Waals surface area contributed by atoms with Crippen LogP contribution >= 0.6 is 0 Å². The van der Waals surface area contributed by atoms with Crippen LogP contribution < -0.4 is 4.43 Å². The number of rotatable bonds is 4. The summed E-state index contributed by atoms with van der Waals surface area (Å²) in [5.74, 6) is 1.41. The number of aryl methyl sites for hydroxylation is 1. The molecule has 0 radical (unpaired) electrons. The molecule has 0 amide bonds. The van der Waals surface area contributed by atoms with E-state index in [4.69, 9.17) is 4.43 Å². The molecule has 0 N–H and O–H groups in total. The first kappa shape index (κ1) is 14.4. The van der Waals surface area contributed by atoms with Crippen molar-refractivity contribution in [1.82, 2.24) is 9.97 Å². The Morgan fingerprint density at radius 2 is 1.85 bits per heavy atom. The highest BCUT2D eigenvalue weighted by Gasteiger charge is 2.18. The van der Waals surface area contributed by atoms with Gasteiger partial charge in [-0.2, -0.15) is 0 Å². The van der Waals surface area contributed by atoms with Crippen LogP contribution in [0, 0.1) is 6.92 Å². The second kappa shape index (κ2) is 5.96. The molecule has 0 atom stereocenters. The Labute approximate surface area is 120 Å². The maximum atomic E-state index is 6.06. The Bertz CT molecular complexity index is 606. The molecule has 2 rings (SSSR count). The molecule has 1 heterocycles. The van der Waals surface area contributed by atoms with E-state index in [0.717, 1.165) is 17.0 Å². The number of aliphatic imine (C=N–C) groups is 1. The van der Waals surface area contributed by atoms with E-state index < -0.39 is 8.32 Å². The molecule has 0 bridgehead atoms. The fourth-order valence-electron chi connectivity index (χ4n) is 1.65. The van der Waals surface area contributed by atoms with Gasteiger partial charge < -0.3 is 4.43 Å². The minimum Gasteiger partial charge on any atom is -0.543 e. The zero-order chi connectivity index (χ0) is 14.6. The molecule has 4 nitrogen and oxygen atoms in total. The first-order valence-electron chi connectivity index (χ1n) is 6.55. The van der Waals surface area contributed by atoms with Crippen LogP contribution in [0.15, 0.2) is 41.7 Å². The van der Waals surface area contributed by atoms with E-state index in [0.29, 0.717) is 5.82 Å². The SMILES string of the molecule is Cc1ccc(O[Si](C)(C)C)c(/N=C/c2ncccn2)c1. The van der Waals surface area contributed by atoms with Crippen molar-refractivity contribution in [3.63, 3.8) is 0 Å². The van der Waals surface area contributed by atoms with Gasteiger partial charge in [0.25, 0.3) is 0 Å². The van der Waals surface area contributed by atoms with Gasteiger partial charge in [0.2, 0.25) is 8.32 Å². The lowest BCUT2D eigenvalue weighted by atomic mass is 10.2. The summed E-state index contributed by atoms with van der Waals surface area (Å²) in [7, 11) is -1.66. The molecule has 1 aromatic heterocycles. The van der Waals surface area contributed by atoms with Crippen LogP contribution in [0.25, 0.3) is 0 Å². The van der Waals surface area contributed by atoms with Crippen molar-refractivity contribution in [1.29, 1.82) is 0 Å². The molecule has 0 aliphatic rings. The third-order valence-electron chi connectivity index (χ3n) is 2.44. The number of aromatic nitrogens is 2. The van der Waals surface area contributed by atoms with Gasteiger partial charge in [0.1, 0.15) is 11.4 Å². The van der Waals surface area contributed by atoms with Crippen LogP contribution in [-0.4, -0.2) is 24.5 Å². The molecule has 2 aromatic rings. The Morgan fingerprint density at radius 1 is 1.15 bits per heavy atom. The van der Waals surface area contributed by atoms with Crippen LogP contribution in [0.1, 0.15) is 11.4 Å². The van der Waals surface area contributed by atoms with E-state index in [1.807, 2.05) is 25.1 Å². The topological polar surface area (TPSA) is 47.4 Å². The normalized spacial score (nSPS) is 11.8. The second-order valence-electron chi connectivity index (χ2n) is 5.55. The van der Waals surface area contributed by atoms with Crippen molar-refractivity contribution in [2.45, 2.75) is 26.6 Å². The van der Waals surface area contributed by atoms with Crippen LogP contribution in [0.5, 0.6) is 5.75 Å². The van der Waals surface area contributed by atoms with Gasteiger partial charge in [0.15, 0.2) is 5.82 Å². The molecule has 5 heteroatoms. The van der Waals surface area contributed by atoms with Crippen LogP contribution in [0.2, 0.25) is 19.6 Å². The Hall–Kier alpha value is -2.01. The van der Waals surface area contributed by atoms with Gasteiger partial charge in [-0.15, -0.1) is 0 Å². The highest BCUT2D eigenvalue weighted by molar-refractivity contribution is 6.70. The number of nitrogens with zero attached hydrogens (tertiary/aromatic N) is 3. The quantitative estimate of drug-likeness (QED) is 0.635. The summed E-state index contributed by atoms with van der Waals surface area (Å²) in [6.07, 6.45) is 5.06. The highest BCUT2D eigenvalue weighted by Crippen LogP contribution is 2.30. The van der Waals surface area contributed by atoms with Crippen molar-refractivity contribution in [2.75, 3.05) is 0 Å². The molecule has 1 aromatic carbocycles. The fourth-order valence-corrected chi connectivity index (χ4v) is 2.48. The maximum absolute atomic E-state index is 6.06. The molecular weight excluding hydrogens is 266 g/mol. The van der Waals surface area contributed by atoms with Crippen LogP contribution in [-0.2, 0) is 0 Å². The summed E-state index contributed by atoms with van der Waals surface area (Å²) in [5, 5.41) is 0. The lowest BCUT2D eigenvalue weighted by molar-refractivity contribution is 0.559. The van der Waals surface area contributed by atoms with Crippen molar-refractivity contribution in [3.05, 3.63) is 48.0 Å². The highest BCUT2D eigenvalue weighted by atomic mass is 28.4. The third kappa shape index (κ3) is 4.27. The van der Waals surface area contributed by atoms with Gasteiger partial charge in [-0.25, -0.2) is 15.0 Å². The van der Waals surface area contributed by atoms with E-state index in [1.165, 1.54) is 0 Å². The monoisotopic (exact) mass is 285 g/mol. The molecule has 0 aliphatic carbocycles. The number of hydrogen-bond donors (Lipinski definition) is 0. The molecule has 0 spiro atoms. The first-order chi connectivity index (χ1) is 9.44. The standard InChI is InChI=1S/C15H19N3OSi/c1-12-6-7-14(19-20(2,3)4)13(10-12)18-11-15-16-8-5-9-17-15/h5-11H,1-4H3/b18-11+. The summed E-state index contributed by atoms with van der Waals surface area (Å²) in [5.41, 5.74) is 1.97. The summed E-state index contributed by atoms with van der Waals surface area (Å²) < 4.78 is 6.06. The van der Waals surface area contributed by atoms with Crippen molar-refractivity contribution in [3.8, 4) is 5.75 Å². The van der Waals surface area contributed by atoms with Crippen molar-refractivity contribution in [2.24, 2.45) is 4.99 Å². The van der Waals surface area contributed by atoms with E-state index in [9.17, 15) is 0 Å². The van der Waals surface area contributed by atoms with E-state index in [-0.39, 0.29) is 0 Å². The molecule has 20 heavy (non-hydrogen) atoms. The zero-order valence-corrected chi connectivity index (χ0v) is 13.3. The van der Waals surface area contributed by atoms with Crippen molar-refractivity contribution < 1.29 is 4.43 Å². The molecule has 0 saturated carbocycles. The predicted molar refractivity (Wildman–Crippen MR) is 84.4 cm³/mol. The molecular formula is C15H19N3OSi. The Balaban J connectivity index is 2.30. The van der Waals surface area contributed by atoms with Gasteiger partial charge in [0, 0.05) is 12.4 Å². The summed E-state index contributed by atoms with van der Waals surface area (Å²) in [6, 6.07) is 7.80. The minimum atomic E-state index is -1.66. The zero-order valence-electron chi connectivity index (χ0n) is 12.3. The third-order valence-corrected chi connectivity index (χ3v) is 3.27. The summed E-state index contributed by atoms with van der Waals surface area (Å²) in [4.78, 5) is 12.7. The van der Waals surface area contributed by atoms with E-state index >= 15 is 0 Å². The Kier molecular flexibility index (Phi) is 4.29. The fraction of sp³-hybridized carbons (Fsp3) is 0.267. The van der Waals surface area contributed by atoms with Gasteiger partial charge in [-0.05, 0) is 50.3 Å². The lowest BCUT2D eigenvalue weighted by Crippen LogP contribution is -2.29. The van der Waals surface area contributed by atoms with Crippen molar-refractivity contribution >= 4 is 20.2 Å². The predicted octanol–water partition coefficient (Wildman–Crippen LogP) is 3.75. The van der Waals surface area contributed by atoms with Gasteiger partial charge in [-0.3, -0.25) is 0 Å². The summed E-state index contributed by atoms with van der Waals surface area (Å²) in [6.45, 7) is 8.50. The minimum absolute atomic E-state index is 0.591. The van der Waals surface area contributed by atoms with E-state index in [2.05, 4.69) is 34.6 Å². The first-order valence-corrected chi connectivity index (χ1v) is 9.96. The maximum Gasteiger partial charge on any atom is 0.242 e. The molecule has 104 valence electrons. The summed E-state index contributed by atoms with van der Waals surface area (Å²) >= 11 is 0. The molecule has 0 unspecified atom stereocenters. The second-order valence-corrected chi connectivity index (χ2v) is 9.98. The van der Waals surface area contributed by atoms with Gasteiger partial charge >= 0.3 is 0 Å². The van der Waals surface area contributed by atoms with Crippen LogP contribution in [0.4, 0.5) is 5.69 Å². The average molecular weight is 285 g/mol. The molecule has 0 fully saturated rings. The molecule has 0 saturated heterocycles. The Morgan fingerprint density at radius 3 is 2.50 bits per heavy atom. The largest absolute Gasteiger partial charge is 0.543 e. The molecule has 0 aliphatic heterocycles. The number of hydrogen-bond acceptors (Lipinski definition) is 4. The lowest BCUT2D eigenvalue weighted by Gasteiger charge is -2.20. The smallest absolute Gasteiger partial charge is 0.242 e. The van der Waals surface area contributed by atoms with Gasteiger partial charge in [0.05, 0.1) is 6.21 Å². The van der Waals surface area contributed by atoms with Gasteiger partial charge in [-0.1, -0.05) is 6.07 Å². The van der Waals surface area contributed by atoms with E-state index in [1.54, 1.807) is 24.7 Å². The van der Waals surface area contributed by atoms with Crippen LogP contribution in [0.3, 0.4) is 0 Å². The average Bonchev–Trinajstić information content (AvgIpc) is 2.39. The number of benzene rings is 1.